The van der Waals surface area contributed by atoms with Crippen LogP contribution in [0.2, 0.25) is 0 Å². The first-order chi connectivity index (χ1) is 18.2. The summed E-state index contributed by atoms with van der Waals surface area (Å²) in [6, 6.07) is 22.0. The number of carbonyl (C=O) groups is 1. The summed E-state index contributed by atoms with van der Waals surface area (Å²) in [4.78, 5) is 18.6. The molecular weight excluding hydrogens is 466 g/mol. The maximum absolute atomic E-state index is 12.8. The number of aromatic amines is 1. The van der Waals surface area contributed by atoms with Gasteiger partial charge in [0.2, 0.25) is 0 Å². The van der Waals surface area contributed by atoms with Crippen LogP contribution >= 0.6 is 0 Å². The van der Waals surface area contributed by atoms with Crippen LogP contribution in [0.25, 0.3) is 33.7 Å². The van der Waals surface area contributed by atoms with Crippen LogP contribution in [0.3, 0.4) is 0 Å². The highest BCUT2D eigenvalue weighted by Gasteiger charge is 2.24. The van der Waals surface area contributed by atoms with Crippen LogP contribution < -0.4 is 14.8 Å². The van der Waals surface area contributed by atoms with Crippen molar-refractivity contribution < 1.29 is 19.0 Å². The molecule has 1 fully saturated rings. The molecule has 0 radical (unpaired) electrons. The van der Waals surface area contributed by atoms with Crippen LogP contribution in [-0.4, -0.2) is 62.4 Å². The van der Waals surface area contributed by atoms with Crippen molar-refractivity contribution in [3.63, 3.8) is 0 Å². The highest BCUT2D eigenvalue weighted by atomic mass is 16.5. The summed E-state index contributed by atoms with van der Waals surface area (Å²) in [6.07, 6.45) is 1.91. The number of amides is 1. The van der Waals surface area contributed by atoms with Crippen LogP contribution in [0.5, 0.6) is 11.5 Å². The van der Waals surface area contributed by atoms with Gasteiger partial charge in [0.1, 0.15) is 18.1 Å². The van der Waals surface area contributed by atoms with Crippen molar-refractivity contribution in [2.75, 3.05) is 51.9 Å². The van der Waals surface area contributed by atoms with E-state index >= 15 is 0 Å². The Morgan fingerprint density at radius 2 is 1.73 bits per heavy atom. The standard InChI is InChI=1S/C30H29N3O4/c1-35-24-5-2-20(3-6-24)21-4-8-26-27(30(34)32-29(26)18-21)19-23-16-22-17-25(7-9-28(22)31-23)37-15-12-33-10-13-36-14-11-33/h2-9,16-19,31H,10-15H2,1H3,(H,32,34)/b27-19+. The van der Waals surface area contributed by atoms with Gasteiger partial charge in [-0.25, -0.2) is 0 Å². The van der Waals surface area contributed by atoms with Gasteiger partial charge < -0.3 is 24.5 Å². The van der Waals surface area contributed by atoms with Gasteiger partial charge in [-0.15, -0.1) is 0 Å². The number of H-pyrrole nitrogens is 1. The van der Waals surface area contributed by atoms with Gasteiger partial charge in [0, 0.05) is 47.5 Å². The molecule has 2 aliphatic rings. The number of methoxy groups -OCH3 is 1. The second-order valence-corrected chi connectivity index (χ2v) is 9.28. The first kappa shape index (κ1) is 23.3. The summed E-state index contributed by atoms with van der Waals surface area (Å²) in [5.41, 5.74) is 6.33. The Hall–Kier alpha value is -4.07. The zero-order valence-electron chi connectivity index (χ0n) is 20.8. The van der Waals surface area contributed by atoms with Gasteiger partial charge in [-0.3, -0.25) is 9.69 Å². The predicted molar refractivity (Wildman–Crippen MR) is 146 cm³/mol. The Labute approximate surface area is 215 Å². The van der Waals surface area contributed by atoms with Gasteiger partial charge in [0.05, 0.1) is 25.9 Å². The number of fused-ring (bicyclic) bond motifs is 2. The zero-order valence-corrected chi connectivity index (χ0v) is 20.8. The third kappa shape index (κ3) is 4.96. The third-order valence-corrected chi connectivity index (χ3v) is 6.92. The zero-order chi connectivity index (χ0) is 25.2. The van der Waals surface area contributed by atoms with Crippen LogP contribution in [0.1, 0.15) is 11.3 Å². The van der Waals surface area contributed by atoms with Gasteiger partial charge >= 0.3 is 0 Å². The van der Waals surface area contributed by atoms with Gasteiger partial charge in [0.15, 0.2) is 0 Å². The minimum atomic E-state index is -0.104. The number of nitrogens with one attached hydrogen (secondary N) is 2. The molecule has 7 nitrogen and oxygen atoms in total. The van der Waals surface area contributed by atoms with E-state index in [9.17, 15) is 4.79 Å². The highest BCUT2D eigenvalue weighted by molar-refractivity contribution is 6.35. The monoisotopic (exact) mass is 495 g/mol. The highest BCUT2D eigenvalue weighted by Crippen LogP contribution is 2.37. The minimum absolute atomic E-state index is 0.104. The second-order valence-electron chi connectivity index (χ2n) is 9.28. The van der Waals surface area contributed by atoms with E-state index < -0.39 is 0 Å². The summed E-state index contributed by atoms with van der Waals surface area (Å²) < 4.78 is 16.7. The quantitative estimate of drug-likeness (QED) is 0.351. The Bertz CT molecular complexity index is 1470. The van der Waals surface area contributed by atoms with E-state index in [1.807, 2.05) is 72.8 Å². The maximum Gasteiger partial charge on any atom is 0.256 e. The molecule has 3 heterocycles. The normalized spacial score (nSPS) is 16.7. The minimum Gasteiger partial charge on any atom is -0.497 e. The second kappa shape index (κ2) is 10.1. The third-order valence-electron chi connectivity index (χ3n) is 6.92. The van der Waals surface area contributed by atoms with Gasteiger partial charge in [-0.2, -0.15) is 0 Å². The number of nitrogens with zero attached hydrogens (tertiary/aromatic N) is 1. The summed E-state index contributed by atoms with van der Waals surface area (Å²) >= 11 is 0. The van der Waals surface area contributed by atoms with E-state index in [0.717, 1.165) is 83.3 Å². The molecule has 1 aromatic heterocycles. The smallest absolute Gasteiger partial charge is 0.256 e. The van der Waals surface area contributed by atoms with E-state index in [2.05, 4.69) is 15.2 Å². The number of morpholine rings is 1. The van der Waals surface area contributed by atoms with Gasteiger partial charge in [0.25, 0.3) is 5.91 Å². The lowest BCUT2D eigenvalue weighted by molar-refractivity contribution is -0.110. The van der Waals surface area contributed by atoms with Crippen LogP contribution in [-0.2, 0) is 9.53 Å². The van der Waals surface area contributed by atoms with Crippen LogP contribution in [0.15, 0.2) is 66.7 Å². The van der Waals surface area contributed by atoms with Crippen LogP contribution in [0.4, 0.5) is 5.69 Å². The number of carbonyl (C=O) groups excluding carboxylic acids is 1. The largest absolute Gasteiger partial charge is 0.497 e. The van der Waals surface area contributed by atoms with E-state index in [4.69, 9.17) is 14.2 Å². The summed E-state index contributed by atoms with van der Waals surface area (Å²) in [6.45, 7) is 5.03. The molecule has 0 bridgehead atoms. The van der Waals surface area contributed by atoms with Crippen molar-refractivity contribution in [1.82, 2.24) is 9.88 Å². The Morgan fingerprint density at radius 3 is 2.54 bits per heavy atom. The van der Waals surface area contributed by atoms with Crippen molar-refractivity contribution in [2.45, 2.75) is 0 Å². The van der Waals surface area contributed by atoms with Crippen molar-refractivity contribution >= 4 is 34.1 Å². The Morgan fingerprint density at radius 1 is 0.946 bits per heavy atom. The van der Waals surface area contributed by atoms with Crippen molar-refractivity contribution in [3.05, 3.63) is 78.0 Å². The lowest BCUT2D eigenvalue weighted by Gasteiger charge is -2.26. The molecule has 0 atom stereocenters. The molecule has 0 spiro atoms. The first-order valence-corrected chi connectivity index (χ1v) is 12.5. The molecule has 3 aromatic carbocycles. The van der Waals surface area contributed by atoms with E-state index in [0.29, 0.717) is 12.2 Å². The lowest BCUT2D eigenvalue weighted by Crippen LogP contribution is -2.38. The fraction of sp³-hybridized carbons (Fsp3) is 0.233. The average Bonchev–Trinajstić information content (AvgIpc) is 3.48. The number of ether oxygens (including phenoxy) is 3. The number of benzene rings is 3. The van der Waals surface area contributed by atoms with E-state index in [-0.39, 0.29) is 5.91 Å². The molecule has 37 heavy (non-hydrogen) atoms. The van der Waals surface area contributed by atoms with E-state index in [1.54, 1.807) is 7.11 Å². The summed E-state index contributed by atoms with van der Waals surface area (Å²) in [5.74, 6) is 1.55. The number of rotatable bonds is 7. The van der Waals surface area contributed by atoms with Crippen molar-refractivity contribution in [2.24, 2.45) is 0 Å². The molecule has 0 aliphatic carbocycles. The fourth-order valence-corrected chi connectivity index (χ4v) is 4.87. The molecule has 1 saturated heterocycles. The van der Waals surface area contributed by atoms with Gasteiger partial charge in [-0.1, -0.05) is 24.3 Å². The van der Waals surface area contributed by atoms with Crippen molar-refractivity contribution in [3.8, 4) is 22.6 Å². The topological polar surface area (TPSA) is 75.8 Å². The molecule has 0 saturated carbocycles. The molecular formula is C30H29N3O4. The van der Waals surface area contributed by atoms with Gasteiger partial charge in [-0.05, 0) is 59.7 Å². The molecule has 2 N–H and O–H groups in total. The molecule has 0 unspecified atom stereocenters. The first-order valence-electron chi connectivity index (χ1n) is 12.5. The number of aromatic nitrogens is 1. The lowest BCUT2D eigenvalue weighted by atomic mass is 10.00. The molecule has 188 valence electrons. The van der Waals surface area contributed by atoms with Crippen LogP contribution in [0, 0.1) is 0 Å². The Balaban J connectivity index is 1.19. The number of hydrogen-bond donors (Lipinski definition) is 2. The fourth-order valence-electron chi connectivity index (χ4n) is 4.87. The summed E-state index contributed by atoms with van der Waals surface area (Å²) in [5, 5.41) is 4.06. The van der Waals surface area contributed by atoms with E-state index in [1.165, 1.54) is 0 Å². The molecule has 2 aliphatic heterocycles. The maximum atomic E-state index is 12.8. The Kier molecular flexibility index (Phi) is 6.39. The number of anilines is 1. The molecule has 1 amide bonds. The number of hydrogen-bond acceptors (Lipinski definition) is 5. The molecule has 4 aromatic rings. The molecule has 7 heteroatoms. The van der Waals surface area contributed by atoms with Crippen molar-refractivity contribution in [1.29, 1.82) is 0 Å². The average molecular weight is 496 g/mol. The SMILES string of the molecule is COc1ccc(-c2ccc3c(c2)NC(=O)/C3=C/c2cc3cc(OCCN4CCOCC4)ccc3[nH]2)cc1. The molecule has 6 rings (SSSR count). The summed E-state index contributed by atoms with van der Waals surface area (Å²) in [7, 11) is 1.65. The predicted octanol–water partition coefficient (Wildman–Crippen LogP) is 5.05.